The quantitative estimate of drug-likeness (QED) is 0.774. The van der Waals surface area contributed by atoms with E-state index < -0.39 is 0 Å². The Hall–Kier alpha value is -1.03. The van der Waals surface area contributed by atoms with Crippen molar-refractivity contribution in [2.24, 2.45) is 5.41 Å². The van der Waals surface area contributed by atoms with Crippen LogP contribution in [-0.4, -0.2) is 29.0 Å². The molecule has 0 radical (unpaired) electrons. The van der Waals surface area contributed by atoms with Crippen molar-refractivity contribution in [2.45, 2.75) is 34.1 Å². The molecule has 0 bridgehead atoms. The number of anilines is 1. The first-order valence-corrected chi connectivity index (χ1v) is 6.78. The number of nitrogens with zero attached hydrogens (tertiary/aromatic N) is 2. The van der Waals surface area contributed by atoms with Crippen LogP contribution in [0.15, 0.2) is 6.07 Å². The minimum Gasteiger partial charge on any atom is -0.478 e. The molecule has 18 heavy (non-hydrogen) atoms. The average molecular weight is 272 g/mol. The largest absolute Gasteiger partial charge is 0.478 e. The summed E-state index contributed by atoms with van der Waals surface area (Å²) in [6, 6.07) is 1.83. The maximum Gasteiger partial charge on any atom is 0.226 e. The maximum atomic E-state index is 5.78. The third-order valence-electron chi connectivity index (χ3n) is 2.62. The number of aromatic nitrogens is 2. The van der Waals surface area contributed by atoms with Crippen molar-refractivity contribution in [1.82, 2.24) is 9.97 Å². The molecular formula is C13H22ClN3O. The monoisotopic (exact) mass is 271 g/mol. The molecule has 0 unspecified atom stereocenters. The molecule has 0 fully saturated rings. The zero-order valence-electron chi connectivity index (χ0n) is 11.6. The van der Waals surface area contributed by atoms with E-state index in [-0.39, 0.29) is 5.41 Å². The second-order valence-electron chi connectivity index (χ2n) is 5.06. The van der Waals surface area contributed by atoms with Gasteiger partial charge < -0.3 is 10.1 Å². The van der Waals surface area contributed by atoms with Gasteiger partial charge in [0.05, 0.1) is 6.61 Å². The minimum atomic E-state index is 0.126. The van der Waals surface area contributed by atoms with Gasteiger partial charge in [-0.1, -0.05) is 13.8 Å². The van der Waals surface area contributed by atoms with Crippen molar-refractivity contribution in [3.63, 3.8) is 0 Å². The molecule has 1 rings (SSSR count). The second kappa shape index (κ2) is 6.78. The smallest absolute Gasteiger partial charge is 0.226 e. The van der Waals surface area contributed by atoms with Crippen LogP contribution in [0.5, 0.6) is 5.88 Å². The molecule has 5 heteroatoms. The fourth-order valence-electron chi connectivity index (χ4n) is 1.50. The Labute approximate surface area is 114 Å². The molecule has 0 aromatic carbocycles. The summed E-state index contributed by atoms with van der Waals surface area (Å²) in [5.74, 6) is 1.89. The third kappa shape index (κ3) is 5.08. The van der Waals surface area contributed by atoms with Gasteiger partial charge in [-0.05, 0) is 25.7 Å². The van der Waals surface area contributed by atoms with Gasteiger partial charge >= 0.3 is 0 Å². The van der Waals surface area contributed by atoms with Gasteiger partial charge in [0.25, 0.3) is 0 Å². The van der Waals surface area contributed by atoms with Crippen molar-refractivity contribution in [1.29, 1.82) is 0 Å². The Kier molecular flexibility index (Phi) is 5.66. The van der Waals surface area contributed by atoms with Gasteiger partial charge in [-0.3, -0.25) is 0 Å². The zero-order valence-corrected chi connectivity index (χ0v) is 12.3. The molecule has 0 saturated heterocycles. The van der Waals surface area contributed by atoms with Crippen LogP contribution >= 0.6 is 11.6 Å². The van der Waals surface area contributed by atoms with Crippen molar-refractivity contribution >= 4 is 17.5 Å². The van der Waals surface area contributed by atoms with E-state index in [0.29, 0.717) is 24.3 Å². The van der Waals surface area contributed by atoms with Gasteiger partial charge in [-0.2, -0.15) is 4.98 Å². The molecule has 0 spiro atoms. The first kappa shape index (κ1) is 15.0. The van der Waals surface area contributed by atoms with Crippen molar-refractivity contribution in [3.05, 3.63) is 11.8 Å². The maximum absolute atomic E-state index is 5.78. The number of rotatable bonds is 7. The Morgan fingerprint density at radius 2 is 2.11 bits per heavy atom. The Morgan fingerprint density at radius 1 is 1.39 bits per heavy atom. The summed E-state index contributed by atoms with van der Waals surface area (Å²) >= 11 is 5.78. The van der Waals surface area contributed by atoms with Crippen molar-refractivity contribution in [3.8, 4) is 5.88 Å². The standard InChI is InChI=1S/C13H22ClN3O/c1-5-18-11-8-10(2)16-12(17-11)15-9-13(3,4)6-7-14/h8H,5-7,9H2,1-4H3,(H,15,16,17). The topological polar surface area (TPSA) is 47.0 Å². The molecule has 0 aliphatic carbocycles. The molecular weight excluding hydrogens is 250 g/mol. The highest BCUT2D eigenvalue weighted by atomic mass is 35.5. The van der Waals surface area contributed by atoms with Crippen LogP contribution in [0.4, 0.5) is 5.95 Å². The van der Waals surface area contributed by atoms with Crippen LogP contribution in [0.1, 0.15) is 32.9 Å². The lowest BCUT2D eigenvalue weighted by Crippen LogP contribution is -2.24. The summed E-state index contributed by atoms with van der Waals surface area (Å²) < 4.78 is 5.39. The first-order chi connectivity index (χ1) is 8.46. The average Bonchev–Trinajstić information content (AvgIpc) is 2.26. The lowest BCUT2D eigenvalue weighted by Gasteiger charge is -2.23. The summed E-state index contributed by atoms with van der Waals surface area (Å²) in [6.45, 7) is 9.60. The fourth-order valence-corrected chi connectivity index (χ4v) is 2.01. The van der Waals surface area contributed by atoms with Crippen LogP contribution in [0.3, 0.4) is 0 Å². The predicted molar refractivity (Wildman–Crippen MR) is 75.5 cm³/mol. The third-order valence-corrected chi connectivity index (χ3v) is 2.81. The Balaban J connectivity index is 2.66. The van der Waals surface area contributed by atoms with E-state index in [0.717, 1.165) is 18.7 Å². The van der Waals surface area contributed by atoms with Crippen LogP contribution in [-0.2, 0) is 0 Å². The van der Waals surface area contributed by atoms with Crippen LogP contribution < -0.4 is 10.1 Å². The molecule has 1 aromatic rings. The molecule has 1 aromatic heterocycles. The summed E-state index contributed by atoms with van der Waals surface area (Å²) in [5.41, 5.74) is 1.02. The lowest BCUT2D eigenvalue weighted by atomic mass is 9.90. The molecule has 0 aliphatic rings. The molecule has 0 aliphatic heterocycles. The minimum absolute atomic E-state index is 0.126. The molecule has 4 nitrogen and oxygen atoms in total. The number of nitrogens with one attached hydrogen (secondary N) is 1. The normalized spacial score (nSPS) is 11.4. The van der Waals surface area contributed by atoms with Crippen LogP contribution in [0.25, 0.3) is 0 Å². The first-order valence-electron chi connectivity index (χ1n) is 6.25. The number of ether oxygens (including phenoxy) is 1. The summed E-state index contributed by atoms with van der Waals surface area (Å²) in [5, 5.41) is 3.25. The van der Waals surface area contributed by atoms with Gasteiger partial charge in [0.1, 0.15) is 0 Å². The molecule has 1 heterocycles. The van der Waals surface area contributed by atoms with Gasteiger partial charge in [0.15, 0.2) is 0 Å². The van der Waals surface area contributed by atoms with E-state index >= 15 is 0 Å². The van der Waals surface area contributed by atoms with Gasteiger partial charge in [0, 0.05) is 24.2 Å². The highest BCUT2D eigenvalue weighted by Crippen LogP contribution is 2.21. The number of hydrogen-bond donors (Lipinski definition) is 1. The number of halogens is 1. The van der Waals surface area contributed by atoms with Crippen LogP contribution in [0, 0.1) is 12.3 Å². The highest BCUT2D eigenvalue weighted by Gasteiger charge is 2.17. The van der Waals surface area contributed by atoms with Crippen molar-refractivity contribution in [2.75, 3.05) is 24.3 Å². The van der Waals surface area contributed by atoms with E-state index in [4.69, 9.17) is 16.3 Å². The number of hydrogen-bond acceptors (Lipinski definition) is 4. The SMILES string of the molecule is CCOc1cc(C)nc(NCC(C)(C)CCCl)n1. The van der Waals surface area contributed by atoms with Gasteiger partial charge in [-0.25, -0.2) is 4.98 Å². The molecule has 0 amide bonds. The Bertz CT molecular complexity index is 382. The van der Waals surface area contributed by atoms with Gasteiger partial charge in [0.2, 0.25) is 11.8 Å². The predicted octanol–water partition coefficient (Wildman–Crippen LogP) is 3.25. The number of alkyl halides is 1. The lowest BCUT2D eigenvalue weighted by molar-refractivity contribution is 0.326. The van der Waals surface area contributed by atoms with Crippen molar-refractivity contribution < 1.29 is 4.74 Å². The molecule has 0 saturated carbocycles. The molecule has 1 N–H and O–H groups in total. The fraction of sp³-hybridized carbons (Fsp3) is 0.692. The van der Waals surface area contributed by atoms with Crippen LogP contribution in [0.2, 0.25) is 0 Å². The second-order valence-corrected chi connectivity index (χ2v) is 5.44. The molecule has 0 atom stereocenters. The zero-order chi connectivity index (χ0) is 13.6. The summed E-state index contributed by atoms with van der Waals surface area (Å²) in [4.78, 5) is 8.65. The Morgan fingerprint density at radius 3 is 2.72 bits per heavy atom. The summed E-state index contributed by atoms with van der Waals surface area (Å²) in [7, 11) is 0. The van der Waals surface area contributed by atoms with Gasteiger partial charge in [-0.15, -0.1) is 11.6 Å². The van der Waals surface area contributed by atoms with E-state index in [9.17, 15) is 0 Å². The van der Waals surface area contributed by atoms with E-state index in [1.165, 1.54) is 0 Å². The summed E-state index contributed by atoms with van der Waals surface area (Å²) in [6.07, 6.45) is 0.950. The highest BCUT2D eigenvalue weighted by molar-refractivity contribution is 6.17. The number of aryl methyl sites for hydroxylation is 1. The van der Waals surface area contributed by atoms with E-state index in [2.05, 4.69) is 29.1 Å². The van der Waals surface area contributed by atoms with E-state index in [1.807, 2.05) is 19.9 Å². The van der Waals surface area contributed by atoms with E-state index in [1.54, 1.807) is 0 Å². The molecule has 102 valence electrons.